The number of nitrogens with zero attached hydrogens (tertiary/aromatic N) is 2. The predicted molar refractivity (Wildman–Crippen MR) is 77.1 cm³/mol. The van der Waals surface area contributed by atoms with E-state index in [1.807, 2.05) is 6.92 Å². The Bertz CT molecular complexity index is 540. The Balaban J connectivity index is 2.14. The fourth-order valence-corrected chi connectivity index (χ4v) is 4.30. The highest BCUT2D eigenvalue weighted by molar-refractivity contribution is 9.10. The summed E-state index contributed by atoms with van der Waals surface area (Å²) in [5.41, 5.74) is 5.87. The van der Waals surface area contributed by atoms with Crippen molar-refractivity contribution in [3.8, 4) is 0 Å². The van der Waals surface area contributed by atoms with Crippen molar-refractivity contribution in [3.05, 3.63) is 22.9 Å². The topological polar surface area (TPSA) is 76.3 Å². The molecule has 0 spiro atoms. The van der Waals surface area contributed by atoms with Crippen LogP contribution in [0.1, 0.15) is 19.8 Å². The summed E-state index contributed by atoms with van der Waals surface area (Å²) in [5.74, 6) is 0.409. The van der Waals surface area contributed by atoms with Crippen LogP contribution in [0.5, 0.6) is 0 Å². The van der Waals surface area contributed by atoms with E-state index in [9.17, 15) is 8.42 Å². The van der Waals surface area contributed by atoms with Gasteiger partial charge in [-0.25, -0.2) is 8.42 Å². The third kappa shape index (κ3) is 3.34. The maximum Gasteiger partial charge on any atom is 0.244 e. The second-order valence-electron chi connectivity index (χ2n) is 4.94. The molecule has 1 aliphatic heterocycles. The van der Waals surface area contributed by atoms with Crippen LogP contribution >= 0.6 is 15.9 Å². The van der Waals surface area contributed by atoms with E-state index in [4.69, 9.17) is 5.73 Å². The maximum atomic E-state index is 12.4. The molecule has 0 radical (unpaired) electrons. The molecule has 1 saturated heterocycles. The summed E-state index contributed by atoms with van der Waals surface area (Å²) in [4.78, 5) is 4.15. The molecule has 2 heterocycles. The molecule has 7 heteroatoms. The number of pyridine rings is 1. The summed E-state index contributed by atoms with van der Waals surface area (Å²) in [6.07, 6.45) is 4.59. The Morgan fingerprint density at radius 3 is 2.58 bits per heavy atom. The molecule has 0 unspecified atom stereocenters. The lowest BCUT2D eigenvalue weighted by atomic mass is 9.92. The summed E-state index contributed by atoms with van der Waals surface area (Å²) in [7, 11) is -3.43. The fraction of sp³-hybridized carbons (Fsp3) is 0.583. The smallest absolute Gasteiger partial charge is 0.244 e. The van der Waals surface area contributed by atoms with Gasteiger partial charge in [-0.1, -0.05) is 0 Å². The van der Waals surface area contributed by atoms with Gasteiger partial charge in [0.25, 0.3) is 0 Å². The number of aromatic nitrogens is 1. The summed E-state index contributed by atoms with van der Waals surface area (Å²) >= 11 is 3.25. The van der Waals surface area contributed by atoms with E-state index >= 15 is 0 Å². The van der Waals surface area contributed by atoms with Crippen molar-refractivity contribution in [2.75, 3.05) is 13.1 Å². The number of piperidine rings is 1. The first-order valence-electron chi connectivity index (χ1n) is 6.27. The number of nitrogens with two attached hydrogens (primary N) is 1. The van der Waals surface area contributed by atoms with Gasteiger partial charge in [-0.2, -0.15) is 4.31 Å². The minimum absolute atomic E-state index is 0.123. The van der Waals surface area contributed by atoms with E-state index in [0.29, 0.717) is 23.5 Å². The molecule has 5 nitrogen and oxygen atoms in total. The molecule has 1 aromatic rings. The van der Waals surface area contributed by atoms with Gasteiger partial charge in [0.05, 0.1) is 0 Å². The zero-order chi connectivity index (χ0) is 14.0. The van der Waals surface area contributed by atoms with E-state index in [-0.39, 0.29) is 10.9 Å². The highest BCUT2D eigenvalue weighted by atomic mass is 79.9. The van der Waals surface area contributed by atoms with Gasteiger partial charge in [0, 0.05) is 36.0 Å². The van der Waals surface area contributed by atoms with E-state index in [1.165, 1.54) is 10.5 Å². The molecule has 0 aromatic carbocycles. The number of halogens is 1. The van der Waals surface area contributed by atoms with E-state index in [0.717, 1.165) is 12.8 Å². The molecule has 2 N–H and O–H groups in total. The van der Waals surface area contributed by atoms with E-state index in [1.54, 1.807) is 12.3 Å². The molecular formula is C12H18BrN3O2S. The number of rotatable bonds is 3. The minimum atomic E-state index is -3.43. The van der Waals surface area contributed by atoms with Gasteiger partial charge in [0.1, 0.15) is 4.90 Å². The lowest BCUT2D eigenvalue weighted by molar-refractivity contribution is 0.250. The van der Waals surface area contributed by atoms with Gasteiger partial charge in [-0.3, -0.25) is 4.98 Å². The molecule has 1 aromatic heterocycles. The number of sulfonamides is 1. The zero-order valence-electron chi connectivity index (χ0n) is 10.8. The molecule has 2 rings (SSSR count). The number of hydrogen-bond donors (Lipinski definition) is 1. The van der Waals surface area contributed by atoms with Crippen molar-refractivity contribution in [2.45, 2.75) is 30.7 Å². The maximum absolute atomic E-state index is 12.4. The Hall–Kier alpha value is -0.500. The van der Waals surface area contributed by atoms with Crippen LogP contribution in [0, 0.1) is 5.92 Å². The molecule has 19 heavy (non-hydrogen) atoms. The highest BCUT2D eigenvalue weighted by Gasteiger charge is 2.30. The lowest BCUT2D eigenvalue weighted by Crippen LogP contribution is -2.42. The highest BCUT2D eigenvalue weighted by Crippen LogP contribution is 2.25. The average Bonchev–Trinajstić information content (AvgIpc) is 2.39. The molecule has 1 atom stereocenters. The monoisotopic (exact) mass is 347 g/mol. The SMILES string of the molecule is C[C@H](N)C1CCN(S(=O)(=O)c2cncc(Br)c2)CC1. The molecule has 0 amide bonds. The minimum Gasteiger partial charge on any atom is -0.328 e. The van der Waals surface area contributed by atoms with Crippen LogP contribution in [-0.4, -0.2) is 36.8 Å². The normalized spacial score (nSPS) is 20.4. The molecule has 0 aliphatic carbocycles. The van der Waals surface area contributed by atoms with Crippen LogP contribution in [-0.2, 0) is 10.0 Å². The molecule has 0 saturated carbocycles. The van der Waals surface area contributed by atoms with Crippen molar-refractivity contribution < 1.29 is 8.42 Å². The van der Waals surface area contributed by atoms with Crippen LogP contribution < -0.4 is 5.73 Å². The summed E-state index contributed by atoms with van der Waals surface area (Å²) in [6.45, 7) is 3.04. The third-order valence-electron chi connectivity index (χ3n) is 3.56. The Morgan fingerprint density at radius 1 is 1.42 bits per heavy atom. The van der Waals surface area contributed by atoms with Crippen molar-refractivity contribution in [1.82, 2.24) is 9.29 Å². The second kappa shape index (κ2) is 5.87. The van der Waals surface area contributed by atoms with Crippen LogP contribution in [0.25, 0.3) is 0 Å². The standard InChI is InChI=1S/C12H18BrN3O2S/c1-9(14)10-2-4-16(5-3-10)19(17,18)12-6-11(13)7-15-8-12/h6-10H,2-5,14H2,1H3/t9-/m0/s1. The molecule has 1 fully saturated rings. The lowest BCUT2D eigenvalue weighted by Gasteiger charge is -2.32. The molecule has 0 bridgehead atoms. The molecule has 106 valence electrons. The zero-order valence-corrected chi connectivity index (χ0v) is 13.2. The van der Waals surface area contributed by atoms with Gasteiger partial charge in [-0.05, 0) is 47.7 Å². The molecule has 1 aliphatic rings. The van der Waals surface area contributed by atoms with Crippen molar-refractivity contribution in [3.63, 3.8) is 0 Å². The van der Waals surface area contributed by atoms with Gasteiger partial charge in [0.2, 0.25) is 10.0 Å². The van der Waals surface area contributed by atoms with Crippen LogP contribution in [0.3, 0.4) is 0 Å². The largest absolute Gasteiger partial charge is 0.328 e. The summed E-state index contributed by atoms with van der Waals surface area (Å²) in [6, 6.07) is 1.71. The Labute approximate surface area is 122 Å². The van der Waals surface area contributed by atoms with E-state index < -0.39 is 10.0 Å². The fourth-order valence-electron chi connectivity index (χ4n) is 2.32. The van der Waals surface area contributed by atoms with Gasteiger partial charge in [0.15, 0.2) is 0 Å². The third-order valence-corrected chi connectivity index (χ3v) is 5.86. The first-order chi connectivity index (χ1) is 8.91. The molecular weight excluding hydrogens is 330 g/mol. The van der Waals surface area contributed by atoms with Crippen molar-refractivity contribution in [1.29, 1.82) is 0 Å². The van der Waals surface area contributed by atoms with Gasteiger partial charge in [-0.15, -0.1) is 0 Å². The van der Waals surface area contributed by atoms with E-state index in [2.05, 4.69) is 20.9 Å². The van der Waals surface area contributed by atoms with Gasteiger partial charge < -0.3 is 5.73 Å². The average molecular weight is 348 g/mol. The van der Waals surface area contributed by atoms with Crippen molar-refractivity contribution in [2.24, 2.45) is 11.7 Å². The summed E-state index contributed by atoms with van der Waals surface area (Å²) in [5, 5.41) is 0. The van der Waals surface area contributed by atoms with Gasteiger partial charge >= 0.3 is 0 Å². The second-order valence-corrected chi connectivity index (χ2v) is 7.79. The van der Waals surface area contributed by atoms with Crippen LogP contribution in [0.4, 0.5) is 0 Å². The Kier molecular flexibility index (Phi) is 4.60. The predicted octanol–water partition coefficient (Wildman–Crippen LogP) is 1.59. The first-order valence-corrected chi connectivity index (χ1v) is 8.51. The quantitative estimate of drug-likeness (QED) is 0.900. The first kappa shape index (κ1) is 14.9. The number of hydrogen-bond acceptors (Lipinski definition) is 4. The summed E-state index contributed by atoms with van der Waals surface area (Å²) < 4.78 is 27.1. The van der Waals surface area contributed by atoms with Crippen LogP contribution in [0.15, 0.2) is 27.8 Å². The van der Waals surface area contributed by atoms with Crippen LogP contribution in [0.2, 0.25) is 0 Å². The van der Waals surface area contributed by atoms with Crippen molar-refractivity contribution >= 4 is 26.0 Å². The Morgan fingerprint density at radius 2 is 2.05 bits per heavy atom.